The Kier molecular flexibility index (Phi) is 11.3. The van der Waals surface area contributed by atoms with Crippen LogP contribution in [0.4, 0.5) is 5.69 Å². The second-order valence-corrected chi connectivity index (χ2v) is 9.96. The first-order valence-corrected chi connectivity index (χ1v) is 13.6. The molecule has 11 heteroatoms. The summed E-state index contributed by atoms with van der Waals surface area (Å²) < 4.78 is 17.1. The first-order chi connectivity index (χ1) is 19.6. The molecule has 0 spiro atoms. The Morgan fingerprint density at radius 3 is 2.27 bits per heavy atom. The Hall–Kier alpha value is -4.38. The van der Waals surface area contributed by atoms with Gasteiger partial charge in [0, 0.05) is 12.2 Å². The number of nitrogens with zero attached hydrogens (tertiary/aromatic N) is 1. The summed E-state index contributed by atoms with van der Waals surface area (Å²) in [7, 11) is 1.57. The van der Waals surface area contributed by atoms with Crippen molar-refractivity contribution in [3.8, 4) is 17.2 Å². The molecule has 41 heavy (non-hydrogen) atoms. The predicted molar refractivity (Wildman–Crippen MR) is 161 cm³/mol. The van der Waals surface area contributed by atoms with Crippen LogP contribution in [-0.2, 0) is 20.9 Å². The van der Waals surface area contributed by atoms with E-state index in [1.807, 2.05) is 39.8 Å². The summed E-state index contributed by atoms with van der Waals surface area (Å²) in [5, 5.41) is 9.31. The van der Waals surface area contributed by atoms with Crippen molar-refractivity contribution in [2.75, 3.05) is 25.6 Å². The molecule has 0 unspecified atom stereocenters. The molecule has 3 aromatic carbocycles. The van der Waals surface area contributed by atoms with Gasteiger partial charge >= 0.3 is 11.8 Å². The van der Waals surface area contributed by atoms with Crippen molar-refractivity contribution in [2.24, 2.45) is 5.10 Å². The largest absolute Gasteiger partial charge is 0.497 e. The normalized spacial score (nSPS) is 10.7. The average molecular weight is 626 g/mol. The molecule has 3 N–H and O–H groups in total. The van der Waals surface area contributed by atoms with Gasteiger partial charge in [-0.25, -0.2) is 5.43 Å². The van der Waals surface area contributed by atoms with E-state index in [0.717, 1.165) is 27.9 Å². The fourth-order valence-corrected chi connectivity index (χ4v) is 4.55. The monoisotopic (exact) mass is 624 g/mol. The highest BCUT2D eigenvalue weighted by Gasteiger charge is 2.16. The van der Waals surface area contributed by atoms with Crippen molar-refractivity contribution >= 4 is 45.6 Å². The zero-order valence-corrected chi connectivity index (χ0v) is 25.2. The van der Waals surface area contributed by atoms with E-state index in [9.17, 15) is 14.4 Å². The van der Waals surface area contributed by atoms with Gasteiger partial charge in [-0.15, -0.1) is 0 Å². The molecule has 0 fully saturated rings. The van der Waals surface area contributed by atoms with Gasteiger partial charge in [0.25, 0.3) is 5.91 Å². The number of hydrazone groups is 1. The standard InChI is InChI=1S/C30H33BrN4O6/c1-6-40-25-14-22(16-33-35-30(38)29(37)32-15-21-7-9-23(39-5)10-8-21)13-24(31)28(25)41-17-26(36)34-27-19(3)11-18(2)12-20(27)4/h7-14,16H,6,15,17H2,1-5H3,(H,32,37)(H,34,36)(H,35,38)/b33-16-. The number of amides is 3. The van der Waals surface area contributed by atoms with Crippen LogP contribution in [-0.4, -0.2) is 44.3 Å². The van der Waals surface area contributed by atoms with E-state index in [1.54, 1.807) is 43.5 Å². The molecule has 0 heterocycles. The van der Waals surface area contributed by atoms with Gasteiger partial charge in [0.2, 0.25) is 0 Å². The number of rotatable bonds is 11. The van der Waals surface area contributed by atoms with Crippen LogP contribution in [0.3, 0.4) is 0 Å². The molecule has 0 radical (unpaired) electrons. The summed E-state index contributed by atoms with van der Waals surface area (Å²) in [6.07, 6.45) is 1.36. The predicted octanol–water partition coefficient (Wildman–Crippen LogP) is 4.57. The van der Waals surface area contributed by atoms with Gasteiger partial charge in [-0.1, -0.05) is 29.8 Å². The smallest absolute Gasteiger partial charge is 0.329 e. The van der Waals surface area contributed by atoms with E-state index in [2.05, 4.69) is 37.1 Å². The zero-order valence-electron chi connectivity index (χ0n) is 23.6. The fraction of sp³-hybridized carbons (Fsp3) is 0.267. The molecule has 10 nitrogen and oxygen atoms in total. The quantitative estimate of drug-likeness (QED) is 0.163. The number of nitrogens with one attached hydrogen (secondary N) is 3. The van der Waals surface area contributed by atoms with Crippen LogP contribution in [0.25, 0.3) is 0 Å². The third kappa shape index (κ3) is 9.07. The van der Waals surface area contributed by atoms with Crippen LogP contribution in [0.2, 0.25) is 0 Å². The summed E-state index contributed by atoms with van der Waals surface area (Å²) in [6.45, 7) is 8.00. The van der Waals surface area contributed by atoms with Gasteiger partial charge in [0.1, 0.15) is 5.75 Å². The van der Waals surface area contributed by atoms with Crippen LogP contribution in [0, 0.1) is 20.8 Å². The first-order valence-electron chi connectivity index (χ1n) is 12.8. The number of hydrogen-bond acceptors (Lipinski definition) is 7. The van der Waals surface area contributed by atoms with E-state index < -0.39 is 11.8 Å². The Morgan fingerprint density at radius 1 is 0.951 bits per heavy atom. The molecule has 0 saturated heterocycles. The Bertz CT molecular complexity index is 1420. The van der Waals surface area contributed by atoms with Crippen molar-refractivity contribution in [1.29, 1.82) is 0 Å². The summed E-state index contributed by atoms with van der Waals surface area (Å²) in [5.41, 5.74) is 7.39. The van der Waals surface area contributed by atoms with Gasteiger partial charge in [-0.3, -0.25) is 14.4 Å². The molecule has 0 aliphatic heterocycles. The maximum atomic E-state index is 12.6. The lowest BCUT2D eigenvalue weighted by atomic mass is 10.1. The number of anilines is 1. The topological polar surface area (TPSA) is 127 Å². The van der Waals surface area contributed by atoms with Crippen molar-refractivity contribution in [1.82, 2.24) is 10.7 Å². The maximum absolute atomic E-state index is 12.6. The van der Waals surface area contributed by atoms with Crippen molar-refractivity contribution < 1.29 is 28.6 Å². The highest BCUT2D eigenvalue weighted by Crippen LogP contribution is 2.36. The molecule has 0 atom stereocenters. The molecule has 0 bridgehead atoms. The van der Waals surface area contributed by atoms with Crippen molar-refractivity contribution in [2.45, 2.75) is 34.2 Å². The molecule has 3 rings (SSSR count). The average Bonchev–Trinajstić information content (AvgIpc) is 2.93. The second kappa shape index (κ2) is 14.8. The van der Waals surface area contributed by atoms with Gasteiger partial charge in [0.15, 0.2) is 18.1 Å². The SMILES string of the molecule is CCOc1cc(/C=N\NC(=O)C(=O)NCc2ccc(OC)cc2)cc(Br)c1OCC(=O)Nc1c(C)cc(C)cc1C. The number of aryl methyl sites for hydroxylation is 3. The molecule has 0 aromatic heterocycles. The Labute approximate surface area is 247 Å². The Balaban J connectivity index is 1.58. The van der Waals surface area contributed by atoms with Gasteiger partial charge in [-0.2, -0.15) is 5.10 Å². The molecule has 0 aliphatic carbocycles. The van der Waals surface area contributed by atoms with E-state index in [0.29, 0.717) is 33.9 Å². The minimum Gasteiger partial charge on any atom is -0.497 e. The summed E-state index contributed by atoms with van der Waals surface area (Å²) in [5.74, 6) is -0.635. The number of hydrogen-bond donors (Lipinski definition) is 3. The molecule has 0 aliphatic rings. The third-order valence-corrected chi connectivity index (χ3v) is 6.41. The van der Waals surface area contributed by atoms with E-state index in [-0.39, 0.29) is 19.1 Å². The van der Waals surface area contributed by atoms with E-state index >= 15 is 0 Å². The summed E-state index contributed by atoms with van der Waals surface area (Å²) in [4.78, 5) is 36.9. The number of halogens is 1. The second-order valence-electron chi connectivity index (χ2n) is 9.10. The lowest BCUT2D eigenvalue weighted by molar-refractivity contribution is -0.139. The molecule has 216 valence electrons. The highest BCUT2D eigenvalue weighted by molar-refractivity contribution is 9.10. The minimum atomic E-state index is -0.913. The number of methoxy groups -OCH3 is 1. The van der Waals surface area contributed by atoms with Gasteiger partial charge in [0.05, 0.1) is 24.4 Å². The number of carbonyl (C=O) groups excluding carboxylic acids is 3. The summed E-state index contributed by atoms with van der Waals surface area (Å²) >= 11 is 3.45. The Morgan fingerprint density at radius 2 is 1.63 bits per heavy atom. The lowest BCUT2D eigenvalue weighted by Gasteiger charge is -2.16. The van der Waals surface area contributed by atoms with Crippen LogP contribution in [0.5, 0.6) is 17.2 Å². The third-order valence-electron chi connectivity index (χ3n) is 5.82. The summed E-state index contributed by atoms with van der Waals surface area (Å²) in [6, 6.07) is 14.4. The van der Waals surface area contributed by atoms with Crippen molar-refractivity contribution in [3.63, 3.8) is 0 Å². The van der Waals surface area contributed by atoms with Crippen molar-refractivity contribution in [3.05, 3.63) is 80.8 Å². The highest BCUT2D eigenvalue weighted by atomic mass is 79.9. The van der Waals surface area contributed by atoms with E-state index in [4.69, 9.17) is 14.2 Å². The minimum absolute atomic E-state index is 0.175. The van der Waals surface area contributed by atoms with E-state index in [1.165, 1.54) is 6.21 Å². The number of carbonyl (C=O) groups is 3. The van der Waals surface area contributed by atoms with Gasteiger partial charge < -0.3 is 24.8 Å². The molecule has 3 aromatic rings. The molecular formula is C30H33BrN4O6. The van der Waals surface area contributed by atoms with Crippen LogP contribution in [0.1, 0.15) is 34.7 Å². The van der Waals surface area contributed by atoms with Gasteiger partial charge in [-0.05, 0) is 90.1 Å². The lowest BCUT2D eigenvalue weighted by Crippen LogP contribution is -2.37. The molecule has 3 amide bonds. The molecule has 0 saturated carbocycles. The van der Waals surface area contributed by atoms with Crippen LogP contribution < -0.4 is 30.3 Å². The molecular weight excluding hydrogens is 592 g/mol. The fourth-order valence-electron chi connectivity index (χ4n) is 3.98. The number of ether oxygens (including phenoxy) is 3. The van der Waals surface area contributed by atoms with Crippen LogP contribution >= 0.6 is 15.9 Å². The number of benzene rings is 3. The first kappa shape index (κ1) is 31.2. The maximum Gasteiger partial charge on any atom is 0.329 e. The van der Waals surface area contributed by atoms with Crippen LogP contribution in [0.15, 0.2) is 58.1 Å². The zero-order chi connectivity index (χ0) is 29.9.